The fraction of sp³-hybridized carbons (Fsp3) is 0.200. The molecular weight excluding hydrogens is 382 g/mol. The lowest BCUT2D eigenvalue weighted by Crippen LogP contribution is -2.41. The molecule has 27 heavy (non-hydrogen) atoms. The van der Waals surface area contributed by atoms with Crippen LogP contribution in [0.25, 0.3) is 10.9 Å². The first-order valence-corrected chi connectivity index (χ1v) is 9.41. The summed E-state index contributed by atoms with van der Waals surface area (Å²) >= 11 is 12.1. The number of benzene rings is 2. The highest BCUT2D eigenvalue weighted by Crippen LogP contribution is 2.32. The zero-order valence-corrected chi connectivity index (χ0v) is 16.1. The van der Waals surface area contributed by atoms with Gasteiger partial charge in [0.15, 0.2) is 5.11 Å². The van der Waals surface area contributed by atoms with Crippen molar-refractivity contribution in [3.05, 3.63) is 65.9 Å². The Morgan fingerprint density at radius 2 is 1.85 bits per heavy atom. The Morgan fingerprint density at radius 3 is 2.59 bits per heavy atom. The lowest BCUT2D eigenvalue weighted by Gasteiger charge is -2.33. The number of carboxylic acid groups (broad SMARTS) is 1. The molecule has 2 heterocycles. The molecule has 0 spiro atoms. The van der Waals surface area contributed by atoms with E-state index in [1.165, 1.54) is 4.42 Å². The number of thiocarbonyl (C=S) groups is 1. The zero-order chi connectivity index (χ0) is 19.0. The minimum absolute atomic E-state index is 0.0358. The van der Waals surface area contributed by atoms with E-state index >= 15 is 0 Å². The van der Waals surface area contributed by atoms with Crippen molar-refractivity contribution in [2.75, 3.05) is 11.0 Å². The maximum Gasteiger partial charge on any atom is 0.323 e. The minimum Gasteiger partial charge on any atom is -0.480 e. The van der Waals surface area contributed by atoms with Gasteiger partial charge in [-0.1, -0.05) is 36.4 Å². The standard InChI is InChI=1S/C20H18ClN3O2S/c21-24(14-6-2-1-3-7-14)20(27)22-11-10-18-16(12-22)15-8-4-5-9-17(15)23(18)13-19(25)26/h1-9H,10-13H2,(H,25,26). The summed E-state index contributed by atoms with van der Waals surface area (Å²) in [7, 11) is 0. The molecule has 0 radical (unpaired) electrons. The molecule has 0 amide bonds. The number of aliphatic carboxylic acids is 1. The van der Waals surface area contributed by atoms with Crippen molar-refractivity contribution < 1.29 is 9.90 Å². The van der Waals surface area contributed by atoms with Crippen LogP contribution in [0.1, 0.15) is 11.3 Å². The average Bonchev–Trinajstić information content (AvgIpc) is 3.00. The lowest BCUT2D eigenvalue weighted by atomic mass is 10.0. The number of carboxylic acids is 1. The second-order valence-corrected chi connectivity index (χ2v) is 7.20. The van der Waals surface area contributed by atoms with Gasteiger partial charge in [-0.15, -0.1) is 0 Å². The van der Waals surface area contributed by atoms with E-state index in [1.54, 1.807) is 0 Å². The second kappa shape index (κ2) is 7.21. The van der Waals surface area contributed by atoms with Gasteiger partial charge in [0.05, 0.1) is 5.69 Å². The van der Waals surface area contributed by atoms with Crippen LogP contribution in [-0.4, -0.2) is 32.2 Å². The molecule has 5 nitrogen and oxygen atoms in total. The summed E-state index contributed by atoms with van der Waals surface area (Å²) in [4.78, 5) is 13.4. The highest BCUT2D eigenvalue weighted by atomic mass is 35.5. The molecule has 1 aliphatic rings. The number of hydrogen-bond donors (Lipinski definition) is 1. The number of hydrogen-bond acceptors (Lipinski definition) is 2. The molecule has 0 atom stereocenters. The zero-order valence-electron chi connectivity index (χ0n) is 14.5. The first-order chi connectivity index (χ1) is 13.1. The number of nitrogens with zero attached hydrogens (tertiary/aromatic N) is 3. The van der Waals surface area contributed by atoms with Crippen LogP contribution in [0.2, 0.25) is 0 Å². The average molecular weight is 400 g/mol. The van der Waals surface area contributed by atoms with Gasteiger partial charge in [0, 0.05) is 53.4 Å². The van der Waals surface area contributed by atoms with Crippen molar-refractivity contribution in [2.45, 2.75) is 19.5 Å². The van der Waals surface area contributed by atoms with Gasteiger partial charge in [0.2, 0.25) is 0 Å². The van der Waals surface area contributed by atoms with Crippen LogP contribution in [0.3, 0.4) is 0 Å². The molecule has 1 N–H and O–H groups in total. The quantitative estimate of drug-likeness (QED) is 0.532. The fourth-order valence-corrected chi connectivity index (χ4v) is 4.15. The second-order valence-electron chi connectivity index (χ2n) is 6.49. The monoisotopic (exact) mass is 399 g/mol. The molecule has 0 fully saturated rings. The topological polar surface area (TPSA) is 48.7 Å². The number of aromatic nitrogens is 1. The first kappa shape index (κ1) is 17.8. The summed E-state index contributed by atoms with van der Waals surface area (Å²) in [5.74, 6) is -0.840. The summed E-state index contributed by atoms with van der Waals surface area (Å²) in [5, 5.41) is 10.9. The van der Waals surface area contributed by atoms with Crippen LogP contribution < -0.4 is 4.42 Å². The summed E-state index contributed by atoms with van der Waals surface area (Å²) in [5.41, 5.74) is 3.96. The minimum atomic E-state index is -0.840. The van der Waals surface area contributed by atoms with Crippen LogP contribution >= 0.6 is 24.0 Å². The van der Waals surface area contributed by atoms with Crippen LogP contribution in [0.5, 0.6) is 0 Å². The van der Waals surface area contributed by atoms with E-state index < -0.39 is 5.97 Å². The van der Waals surface area contributed by atoms with Gasteiger partial charge < -0.3 is 14.6 Å². The Labute approximate surface area is 167 Å². The van der Waals surface area contributed by atoms with Crippen LogP contribution in [0, 0.1) is 0 Å². The maximum absolute atomic E-state index is 11.3. The highest BCUT2D eigenvalue weighted by Gasteiger charge is 2.27. The van der Waals surface area contributed by atoms with E-state index in [4.69, 9.17) is 24.0 Å². The Morgan fingerprint density at radius 1 is 1.15 bits per heavy atom. The molecule has 0 aliphatic carbocycles. The van der Waals surface area contributed by atoms with Gasteiger partial charge >= 0.3 is 5.97 Å². The molecule has 0 saturated heterocycles. The van der Waals surface area contributed by atoms with Crippen LogP contribution in [-0.2, 0) is 24.3 Å². The third-order valence-electron chi connectivity index (χ3n) is 4.88. The highest BCUT2D eigenvalue weighted by molar-refractivity contribution is 7.80. The SMILES string of the molecule is O=C(O)Cn1c2c(c3ccccc31)CN(C(=S)N(Cl)c1ccccc1)CC2. The Hall–Kier alpha value is -2.57. The Kier molecular flexibility index (Phi) is 4.76. The lowest BCUT2D eigenvalue weighted by molar-refractivity contribution is -0.137. The molecule has 7 heteroatoms. The Bertz CT molecular complexity index is 1020. The predicted octanol–water partition coefficient (Wildman–Crippen LogP) is 4.03. The molecule has 1 aliphatic heterocycles. The van der Waals surface area contributed by atoms with E-state index in [0.29, 0.717) is 18.2 Å². The molecule has 1 aromatic heterocycles. The Balaban J connectivity index is 1.67. The number of carbonyl (C=O) groups is 1. The van der Waals surface area contributed by atoms with Crippen molar-refractivity contribution in [1.29, 1.82) is 0 Å². The molecule has 2 aromatic carbocycles. The fourth-order valence-electron chi connectivity index (χ4n) is 3.67. The summed E-state index contributed by atoms with van der Waals surface area (Å²) in [6.45, 7) is 1.27. The largest absolute Gasteiger partial charge is 0.480 e. The molecule has 0 saturated carbocycles. The van der Waals surface area contributed by atoms with Gasteiger partial charge in [0.1, 0.15) is 6.54 Å². The van der Waals surface area contributed by atoms with Crippen LogP contribution in [0.4, 0.5) is 5.69 Å². The molecular formula is C20H18ClN3O2S. The predicted molar refractivity (Wildman–Crippen MR) is 111 cm³/mol. The number of rotatable bonds is 3. The van der Waals surface area contributed by atoms with Gasteiger partial charge in [-0.2, -0.15) is 0 Å². The van der Waals surface area contributed by atoms with Gasteiger partial charge in [-0.05, 0) is 30.4 Å². The van der Waals surface area contributed by atoms with Crippen molar-refractivity contribution in [3.8, 4) is 0 Å². The number of anilines is 1. The van der Waals surface area contributed by atoms with Gasteiger partial charge in [-0.3, -0.25) is 4.79 Å². The molecule has 4 rings (SSSR count). The summed E-state index contributed by atoms with van der Waals surface area (Å²) < 4.78 is 3.40. The first-order valence-electron chi connectivity index (χ1n) is 8.67. The maximum atomic E-state index is 11.3. The molecule has 3 aromatic rings. The molecule has 0 bridgehead atoms. The van der Waals surface area contributed by atoms with Crippen molar-refractivity contribution in [2.24, 2.45) is 0 Å². The number of fused-ring (bicyclic) bond motifs is 3. The smallest absolute Gasteiger partial charge is 0.323 e. The van der Waals surface area contributed by atoms with E-state index in [-0.39, 0.29) is 6.54 Å². The van der Waals surface area contributed by atoms with Crippen molar-refractivity contribution >= 4 is 51.7 Å². The van der Waals surface area contributed by atoms with Crippen molar-refractivity contribution in [3.63, 3.8) is 0 Å². The van der Waals surface area contributed by atoms with E-state index in [2.05, 4.69) is 4.90 Å². The molecule has 138 valence electrons. The third kappa shape index (κ3) is 3.26. The third-order valence-corrected chi connectivity index (χ3v) is 5.77. The van der Waals surface area contributed by atoms with Gasteiger partial charge in [-0.25, -0.2) is 4.42 Å². The number of para-hydroxylation sites is 2. The summed E-state index contributed by atoms with van der Waals surface area (Å²) in [6.07, 6.45) is 0.719. The molecule has 0 unspecified atom stereocenters. The normalized spacial score (nSPS) is 13.4. The van der Waals surface area contributed by atoms with Crippen molar-refractivity contribution in [1.82, 2.24) is 9.47 Å². The van der Waals surface area contributed by atoms with E-state index in [0.717, 1.165) is 34.3 Å². The summed E-state index contributed by atoms with van der Waals surface area (Å²) in [6, 6.07) is 17.5. The van der Waals surface area contributed by atoms with E-state index in [1.807, 2.05) is 59.2 Å². The van der Waals surface area contributed by atoms with Gasteiger partial charge in [0.25, 0.3) is 0 Å². The van der Waals surface area contributed by atoms with Crippen LogP contribution in [0.15, 0.2) is 54.6 Å². The number of halogens is 1. The van der Waals surface area contributed by atoms with E-state index in [9.17, 15) is 9.90 Å².